The van der Waals surface area contributed by atoms with E-state index in [2.05, 4.69) is 25.5 Å². The zero-order valence-electron chi connectivity index (χ0n) is 17.7. The average Bonchev–Trinajstić information content (AvgIpc) is 3.50. The highest BCUT2D eigenvalue weighted by atomic mass is 32.1. The highest BCUT2D eigenvalue weighted by molar-refractivity contribution is 7.71. The molecule has 31 heavy (non-hydrogen) atoms. The molecule has 3 N–H and O–H groups in total. The summed E-state index contributed by atoms with van der Waals surface area (Å²) in [5.74, 6) is 0.212. The van der Waals surface area contributed by atoms with E-state index in [-0.39, 0.29) is 29.1 Å². The van der Waals surface area contributed by atoms with Gasteiger partial charge in [-0.25, -0.2) is 9.78 Å². The molecule has 0 spiro atoms. The largest absolute Gasteiger partial charge is 0.345 e. The standard InChI is InChI=1S/C20H25N7O3S/c1-4-7-26-16-15(18(29)23-19(26)30)12(8-13(22-16)10(2)3)17(28)21-9-14-24-25-20(31)27(14)11-5-6-11/h8,10-11H,4-7,9H2,1-3H3,(H,21,28)(H,25,31)(H,23,29,30). The van der Waals surface area contributed by atoms with Crippen LogP contribution in [0.25, 0.3) is 11.0 Å². The second-order valence-corrected chi connectivity index (χ2v) is 8.47. The predicted molar refractivity (Wildman–Crippen MR) is 118 cm³/mol. The first kappa shape index (κ1) is 21.2. The predicted octanol–water partition coefficient (Wildman–Crippen LogP) is 2.14. The van der Waals surface area contributed by atoms with Gasteiger partial charge in [-0.3, -0.25) is 28.8 Å². The van der Waals surface area contributed by atoms with Crippen LogP contribution in [0.1, 0.15) is 73.9 Å². The summed E-state index contributed by atoms with van der Waals surface area (Å²) in [5, 5.41) is 9.95. The molecule has 0 atom stereocenters. The number of carbonyl (C=O) groups is 1. The quantitative estimate of drug-likeness (QED) is 0.480. The second kappa shape index (κ2) is 8.22. The molecule has 0 radical (unpaired) electrons. The molecule has 1 aliphatic carbocycles. The van der Waals surface area contributed by atoms with Gasteiger partial charge < -0.3 is 5.32 Å². The minimum Gasteiger partial charge on any atom is -0.345 e. The number of amides is 1. The number of carbonyl (C=O) groups excluding carboxylic acids is 1. The van der Waals surface area contributed by atoms with Gasteiger partial charge in [0.15, 0.2) is 16.2 Å². The van der Waals surface area contributed by atoms with Gasteiger partial charge in [0.05, 0.1) is 17.5 Å². The molecule has 10 nitrogen and oxygen atoms in total. The van der Waals surface area contributed by atoms with Gasteiger partial charge in [0.1, 0.15) is 0 Å². The zero-order valence-corrected chi connectivity index (χ0v) is 18.5. The molecule has 11 heteroatoms. The second-order valence-electron chi connectivity index (χ2n) is 8.09. The van der Waals surface area contributed by atoms with Crippen LogP contribution in [-0.2, 0) is 13.1 Å². The summed E-state index contributed by atoms with van der Waals surface area (Å²) in [6, 6.07) is 1.94. The maximum atomic E-state index is 13.2. The fraction of sp³-hybridized carbons (Fsp3) is 0.500. The number of fused-ring (bicyclic) bond motifs is 1. The van der Waals surface area contributed by atoms with Crippen molar-refractivity contribution in [3.05, 3.63) is 48.8 Å². The van der Waals surface area contributed by atoms with E-state index in [1.54, 1.807) is 6.07 Å². The summed E-state index contributed by atoms with van der Waals surface area (Å²) in [6.45, 7) is 6.36. The number of H-pyrrole nitrogens is 2. The van der Waals surface area contributed by atoms with Crippen molar-refractivity contribution < 1.29 is 4.79 Å². The van der Waals surface area contributed by atoms with Crippen LogP contribution >= 0.6 is 12.2 Å². The molecule has 0 bridgehead atoms. The highest BCUT2D eigenvalue weighted by Crippen LogP contribution is 2.35. The molecule has 4 rings (SSSR count). The van der Waals surface area contributed by atoms with E-state index < -0.39 is 17.2 Å². The third-order valence-corrected chi connectivity index (χ3v) is 5.64. The topological polar surface area (TPSA) is 130 Å². The number of pyridine rings is 1. The van der Waals surface area contributed by atoms with Gasteiger partial charge in [0.2, 0.25) is 0 Å². The molecule has 1 saturated carbocycles. The lowest BCUT2D eigenvalue weighted by Crippen LogP contribution is -2.33. The molecule has 1 fully saturated rings. The summed E-state index contributed by atoms with van der Waals surface area (Å²) in [7, 11) is 0. The third-order valence-electron chi connectivity index (χ3n) is 5.35. The number of nitrogens with one attached hydrogen (secondary N) is 3. The number of aryl methyl sites for hydroxylation is 1. The van der Waals surface area contributed by atoms with Crippen LogP contribution in [0.3, 0.4) is 0 Å². The number of hydrogen-bond acceptors (Lipinski definition) is 6. The molecular weight excluding hydrogens is 418 g/mol. The monoisotopic (exact) mass is 443 g/mol. The van der Waals surface area contributed by atoms with Crippen molar-refractivity contribution in [2.24, 2.45) is 0 Å². The Hall–Kier alpha value is -3.08. The first-order valence-corrected chi connectivity index (χ1v) is 10.8. The van der Waals surface area contributed by atoms with Gasteiger partial charge in [0.25, 0.3) is 11.5 Å². The van der Waals surface area contributed by atoms with Crippen molar-refractivity contribution in [2.75, 3.05) is 0 Å². The van der Waals surface area contributed by atoms with Gasteiger partial charge in [-0.15, -0.1) is 0 Å². The van der Waals surface area contributed by atoms with Crippen molar-refractivity contribution in [1.82, 2.24) is 34.6 Å². The van der Waals surface area contributed by atoms with Gasteiger partial charge in [0, 0.05) is 18.3 Å². The third kappa shape index (κ3) is 3.97. The molecule has 0 unspecified atom stereocenters. The fourth-order valence-corrected chi connectivity index (χ4v) is 3.93. The van der Waals surface area contributed by atoms with E-state index in [0.29, 0.717) is 35.3 Å². The van der Waals surface area contributed by atoms with Crippen LogP contribution in [-0.4, -0.2) is 35.2 Å². The number of aromatic nitrogens is 6. The molecule has 0 saturated heterocycles. The van der Waals surface area contributed by atoms with Gasteiger partial charge >= 0.3 is 5.69 Å². The SMILES string of the molecule is CCCn1c(=O)[nH]c(=O)c2c(C(=O)NCc3n[nH]c(=S)n3C3CC3)cc(C(C)C)nc21. The van der Waals surface area contributed by atoms with Crippen molar-refractivity contribution >= 4 is 29.2 Å². The Morgan fingerprint density at radius 3 is 2.74 bits per heavy atom. The van der Waals surface area contributed by atoms with Crippen LogP contribution in [0.15, 0.2) is 15.7 Å². The van der Waals surface area contributed by atoms with E-state index in [9.17, 15) is 14.4 Å². The zero-order chi connectivity index (χ0) is 22.3. The smallest absolute Gasteiger partial charge is 0.329 e. The normalized spacial score (nSPS) is 13.8. The summed E-state index contributed by atoms with van der Waals surface area (Å²) in [5.41, 5.74) is -0.104. The first-order chi connectivity index (χ1) is 14.8. The van der Waals surface area contributed by atoms with Crippen LogP contribution in [0, 0.1) is 4.77 Å². The summed E-state index contributed by atoms with van der Waals surface area (Å²) < 4.78 is 3.87. The Morgan fingerprint density at radius 1 is 1.35 bits per heavy atom. The maximum absolute atomic E-state index is 13.2. The Kier molecular flexibility index (Phi) is 5.61. The van der Waals surface area contributed by atoms with Crippen molar-refractivity contribution in [1.29, 1.82) is 0 Å². The lowest BCUT2D eigenvalue weighted by molar-refractivity contribution is 0.0950. The van der Waals surface area contributed by atoms with E-state index in [4.69, 9.17) is 12.2 Å². The molecular formula is C20H25N7O3S. The minimum atomic E-state index is -0.624. The van der Waals surface area contributed by atoms with Crippen molar-refractivity contribution in [3.8, 4) is 0 Å². The van der Waals surface area contributed by atoms with Gasteiger partial charge in [-0.2, -0.15) is 5.10 Å². The number of aromatic amines is 2. The lowest BCUT2D eigenvalue weighted by atomic mass is 10.0. The fourth-order valence-electron chi connectivity index (χ4n) is 3.63. The Bertz CT molecular complexity index is 1330. The van der Waals surface area contributed by atoms with E-state index in [1.165, 1.54) is 4.57 Å². The summed E-state index contributed by atoms with van der Waals surface area (Å²) in [6.07, 6.45) is 2.75. The number of nitrogens with zero attached hydrogens (tertiary/aromatic N) is 4. The first-order valence-electron chi connectivity index (χ1n) is 10.4. The molecule has 3 heterocycles. The number of hydrogen-bond donors (Lipinski definition) is 3. The van der Waals surface area contributed by atoms with Crippen molar-refractivity contribution in [3.63, 3.8) is 0 Å². The van der Waals surface area contributed by atoms with Crippen LogP contribution in [0.4, 0.5) is 0 Å². The highest BCUT2D eigenvalue weighted by Gasteiger charge is 2.27. The molecule has 3 aromatic rings. The average molecular weight is 444 g/mol. The summed E-state index contributed by atoms with van der Waals surface area (Å²) in [4.78, 5) is 45.1. The van der Waals surface area contributed by atoms with Gasteiger partial charge in [-0.05, 0) is 43.5 Å². The summed E-state index contributed by atoms with van der Waals surface area (Å²) >= 11 is 5.29. The lowest BCUT2D eigenvalue weighted by Gasteiger charge is -2.14. The Labute approximate surface area is 182 Å². The number of rotatable bonds is 7. The van der Waals surface area contributed by atoms with Crippen molar-refractivity contribution in [2.45, 2.75) is 65.1 Å². The molecule has 1 aliphatic rings. The van der Waals surface area contributed by atoms with E-state index in [0.717, 1.165) is 12.8 Å². The molecule has 0 aromatic carbocycles. The van der Waals surface area contributed by atoms with Crippen LogP contribution in [0.5, 0.6) is 0 Å². The molecule has 0 aliphatic heterocycles. The van der Waals surface area contributed by atoms with Crippen LogP contribution < -0.4 is 16.6 Å². The van der Waals surface area contributed by atoms with E-state index in [1.807, 2.05) is 25.3 Å². The molecule has 3 aromatic heterocycles. The van der Waals surface area contributed by atoms with E-state index >= 15 is 0 Å². The minimum absolute atomic E-state index is 0.00607. The van der Waals surface area contributed by atoms with Crippen LogP contribution in [0.2, 0.25) is 0 Å². The Morgan fingerprint density at radius 2 is 2.10 bits per heavy atom. The van der Waals surface area contributed by atoms with Gasteiger partial charge in [-0.1, -0.05) is 20.8 Å². The molecule has 164 valence electrons. The molecule has 1 amide bonds. The maximum Gasteiger partial charge on any atom is 0.329 e. The Balaban J connectivity index is 1.78.